The summed E-state index contributed by atoms with van der Waals surface area (Å²) in [6, 6.07) is 13.6. The van der Waals surface area contributed by atoms with E-state index in [0.29, 0.717) is 11.5 Å². The molecule has 1 heterocycles. The fourth-order valence-electron chi connectivity index (χ4n) is 2.44. The summed E-state index contributed by atoms with van der Waals surface area (Å²) in [6.07, 6.45) is -0.887. The first kappa shape index (κ1) is 18.3. The number of rotatable bonds is 6. The highest BCUT2D eigenvalue weighted by atomic mass is 31.2. The first-order valence-corrected chi connectivity index (χ1v) is 9.24. The van der Waals surface area contributed by atoms with Gasteiger partial charge in [0.05, 0.1) is 14.2 Å². The smallest absolute Gasteiger partial charge is 0.410 e. The van der Waals surface area contributed by atoms with Crippen molar-refractivity contribution >= 4 is 13.7 Å². The van der Waals surface area contributed by atoms with E-state index in [1.54, 1.807) is 18.2 Å². The Kier molecular flexibility index (Phi) is 4.91. The number of hydrogen-bond donors (Lipinski definition) is 2. The number of amides is 1. The van der Waals surface area contributed by atoms with Crippen LogP contribution >= 0.6 is 7.60 Å². The molecular weight excluding hydrogens is 361 g/mol. The molecule has 0 aromatic heterocycles. The zero-order valence-corrected chi connectivity index (χ0v) is 15.1. The van der Waals surface area contributed by atoms with E-state index >= 15 is 0 Å². The number of alkyl carbamates (subject to hydrolysis) is 1. The number of methoxy groups -OCH3 is 2. The maximum atomic E-state index is 12.2. The number of ether oxygens (including phenoxy) is 3. The van der Waals surface area contributed by atoms with Crippen molar-refractivity contribution in [2.75, 3.05) is 14.2 Å². The lowest BCUT2D eigenvalue weighted by Gasteiger charge is -2.15. The molecule has 0 saturated carbocycles. The Balaban J connectivity index is 1.79. The van der Waals surface area contributed by atoms with Crippen LogP contribution in [0.25, 0.3) is 0 Å². The van der Waals surface area contributed by atoms with Gasteiger partial charge in [-0.3, -0.25) is 14.4 Å². The fraction of sp³-hybridized carbons (Fsp3) is 0.235. The summed E-state index contributed by atoms with van der Waals surface area (Å²) in [5, 5.41) is 2.34. The van der Waals surface area contributed by atoms with E-state index in [1.165, 1.54) is 26.4 Å². The minimum Gasteiger partial charge on any atom is -0.497 e. The van der Waals surface area contributed by atoms with Gasteiger partial charge >= 0.3 is 13.7 Å². The molecule has 0 aliphatic carbocycles. The zero-order valence-electron chi connectivity index (χ0n) is 14.2. The van der Waals surface area contributed by atoms with Crippen molar-refractivity contribution in [3.63, 3.8) is 0 Å². The molecule has 3 rings (SSSR count). The molecule has 0 bridgehead atoms. The Morgan fingerprint density at radius 2 is 1.73 bits per heavy atom. The molecule has 2 N–H and O–H groups in total. The Morgan fingerprint density at radius 3 is 2.23 bits per heavy atom. The van der Waals surface area contributed by atoms with E-state index in [2.05, 4.69) is 5.32 Å². The molecule has 1 fully saturated rings. The summed E-state index contributed by atoms with van der Waals surface area (Å²) in [6.45, 7) is 0.0138. The third-order valence-corrected chi connectivity index (χ3v) is 5.46. The fourth-order valence-corrected chi connectivity index (χ4v) is 3.81. The average Bonchev–Trinajstić information content (AvgIpc) is 3.21. The van der Waals surface area contributed by atoms with E-state index in [0.717, 1.165) is 5.56 Å². The van der Waals surface area contributed by atoms with Gasteiger partial charge in [-0.1, -0.05) is 30.3 Å². The topological polar surface area (TPSA) is 107 Å². The Morgan fingerprint density at radius 1 is 1.15 bits per heavy atom. The molecule has 2 unspecified atom stereocenters. The molecule has 0 spiro atoms. The zero-order chi connectivity index (χ0) is 18.8. The van der Waals surface area contributed by atoms with Gasteiger partial charge in [0.15, 0.2) is 0 Å². The van der Waals surface area contributed by atoms with Crippen LogP contribution in [0.4, 0.5) is 4.79 Å². The van der Waals surface area contributed by atoms with Crippen molar-refractivity contribution < 1.29 is 33.0 Å². The van der Waals surface area contributed by atoms with Gasteiger partial charge in [0.1, 0.15) is 18.1 Å². The van der Waals surface area contributed by atoms with Crippen LogP contribution < -0.4 is 14.8 Å². The van der Waals surface area contributed by atoms with Crippen molar-refractivity contribution in [3.8, 4) is 11.5 Å². The second-order valence-corrected chi connectivity index (χ2v) is 7.40. The van der Waals surface area contributed by atoms with Crippen LogP contribution in [0.1, 0.15) is 11.1 Å². The Labute approximate surface area is 150 Å². The van der Waals surface area contributed by atoms with E-state index in [1.807, 2.05) is 18.2 Å². The highest BCUT2D eigenvalue weighted by Gasteiger charge is 2.71. The minimum absolute atomic E-state index is 0.0138. The van der Waals surface area contributed by atoms with Crippen molar-refractivity contribution in [2.45, 2.75) is 12.1 Å². The van der Waals surface area contributed by atoms with Crippen LogP contribution in [0, 0.1) is 0 Å². The van der Waals surface area contributed by atoms with E-state index < -0.39 is 19.2 Å². The van der Waals surface area contributed by atoms with Crippen LogP contribution in [0.15, 0.2) is 48.5 Å². The largest absolute Gasteiger partial charge is 0.497 e. The summed E-state index contributed by atoms with van der Waals surface area (Å²) in [5.74, 6) is 0.766. The highest BCUT2D eigenvalue weighted by molar-refractivity contribution is 7.60. The second kappa shape index (κ2) is 6.99. The van der Waals surface area contributed by atoms with Crippen molar-refractivity contribution in [2.24, 2.45) is 0 Å². The van der Waals surface area contributed by atoms with Crippen molar-refractivity contribution in [3.05, 3.63) is 59.7 Å². The second-order valence-electron chi connectivity index (χ2n) is 5.54. The van der Waals surface area contributed by atoms with Crippen molar-refractivity contribution in [1.82, 2.24) is 5.32 Å². The molecule has 26 heavy (non-hydrogen) atoms. The maximum Gasteiger partial charge on any atom is 0.410 e. The van der Waals surface area contributed by atoms with Crippen LogP contribution in [0.2, 0.25) is 0 Å². The van der Waals surface area contributed by atoms with Gasteiger partial charge < -0.3 is 19.1 Å². The summed E-state index contributed by atoms with van der Waals surface area (Å²) in [5.41, 5.74) is -0.886. The molecular formula is C17H18NO7P. The van der Waals surface area contributed by atoms with Gasteiger partial charge in [0.2, 0.25) is 0 Å². The molecule has 1 saturated heterocycles. The van der Waals surface area contributed by atoms with Gasteiger partial charge in [0.25, 0.3) is 5.47 Å². The van der Waals surface area contributed by atoms with E-state index in [9.17, 15) is 14.3 Å². The molecule has 1 aliphatic rings. The van der Waals surface area contributed by atoms with Gasteiger partial charge in [-0.25, -0.2) is 4.79 Å². The molecule has 138 valence electrons. The third kappa shape index (κ3) is 3.53. The summed E-state index contributed by atoms with van der Waals surface area (Å²) < 4.78 is 32.6. The molecule has 9 heteroatoms. The first-order valence-electron chi connectivity index (χ1n) is 7.66. The average molecular weight is 379 g/mol. The number of hydrogen-bond acceptors (Lipinski definition) is 6. The first-order chi connectivity index (χ1) is 12.4. The lowest BCUT2D eigenvalue weighted by molar-refractivity contribution is 0.123. The van der Waals surface area contributed by atoms with Crippen LogP contribution in [0.3, 0.4) is 0 Å². The molecule has 2 aromatic rings. The van der Waals surface area contributed by atoms with E-state index in [4.69, 9.17) is 18.7 Å². The number of carbonyl (C=O) groups excluding carboxylic acids is 1. The Hall–Kier alpha value is -2.54. The van der Waals surface area contributed by atoms with Gasteiger partial charge in [-0.2, -0.15) is 0 Å². The Bertz CT molecular complexity index is 835. The standard InChI is InChI=1S/C17H18NO7P/c1-22-14-8-13(9-15(10-14)23-2)17(25-26(17,20)21)18-16(19)24-11-12-6-4-3-5-7-12/h3-10H,11H2,1-2H3,(H,18,19)(H,20,21). The molecule has 1 amide bonds. The maximum absolute atomic E-state index is 12.2. The quantitative estimate of drug-likeness (QED) is 0.587. The lowest BCUT2D eigenvalue weighted by atomic mass is 10.1. The normalized spacial score (nSPS) is 23.8. The lowest BCUT2D eigenvalue weighted by Crippen LogP contribution is -2.35. The predicted octanol–water partition coefficient (Wildman–Crippen LogP) is 2.96. The number of nitrogens with one attached hydrogen (secondary N) is 1. The van der Waals surface area contributed by atoms with Gasteiger partial charge in [0, 0.05) is 11.6 Å². The van der Waals surface area contributed by atoms with Crippen molar-refractivity contribution in [1.29, 1.82) is 0 Å². The molecule has 1 aliphatic heterocycles. The monoisotopic (exact) mass is 379 g/mol. The predicted molar refractivity (Wildman–Crippen MR) is 91.9 cm³/mol. The van der Waals surface area contributed by atoms with E-state index in [-0.39, 0.29) is 12.2 Å². The summed E-state index contributed by atoms with van der Waals surface area (Å²) in [4.78, 5) is 22.1. The summed E-state index contributed by atoms with van der Waals surface area (Å²) >= 11 is 0. The minimum atomic E-state index is -4.09. The van der Waals surface area contributed by atoms with Crippen LogP contribution in [-0.4, -0.2) is 25.2 Å². The number of benzene rings is 2. The van der Waals surface area contributed by atoms with Gasteiger partial charge in [-0.05, 0) is 17.7 Å². The third-order valence-electron chi connectivity index (χ3n) is 3.85. The molecule has 2 atom stereocenters. The van der Waals surface area contributed by atoms with Crippen LogP contribution in [-0.2, 0) is 25.9 Å². The molecule has 2 aromatic carbocycles. The SMILES string of the molecule is COc1cc(OC)cc(C2(NC(=O)OCc3ccccc3)OP2(=O)O)c1. The molecule has 8 nitrogen and oxygen atoms in total. The summed E-state index contributed by atoms with van der Waals surface area (Å²) in [7, 11) is -1.20. The number of carbonyl (C=O) groups is 1. The highest BCUT2D eigenvalue weighted by Crippen LogP contribution is 2.78. The molecule has 0 radical (unpaired) electrons. The van der Waals surface area contributed by atoms with Gasteiger partial charge in [-0.15, -0.1) is 0 Å². The van der Waals surface area contributed by atoms with Crippen LogP contribution in [0.5, 0.6) is 11.5 Å².